The first-order valence-electron chi connectivity index (χ1n) is 16.5. The molecule has 0 aliphatic carbocycles. The second kappa shape index (κ2) is 46.1. The van der Waals surface area contributed by atoms with E-state index < -0.39 is 0 Å². The third kappa shape index (κ3) is 50.3. The van der Waals surface area contributed by atoms with Crippen LogP contribution in [0.3, 0.4) is 0 Å². The van der Waals surface area contributed by atoms with Crippen molar-refractivity contribution in [1.29, 1.82) is 0 Å². The van der Waals surface area contributed by atoms with Gasteiger partial charge in [-0.1, -0.05) is 116 Å². The highest BCUT2D eigenvalue weighted by Gasteiger charge is 1.95. The predicted molar refractivity (Wildman–Crippen MR) is 214 cm³/mol. The van der Waals surface area contributed by atoms with Crippen LogP contribution >= 0.6 is 0 Å². The van der Waals surface area contributed by atoms with E-state index in [4.69, 9.17) is 0 Å². The van der Waals surface area contributed by atoms with Crippen LogP contribution in [-0.4, -0.2) is 0 Å². The minimum absolute atomic E-state index is 0. The molecule has 0 heterocycles. The van der Waals surface area contributed by atoms with Gasteiger partial charge in [0.2, 0.25) is 0 Å². The Bertz CT molecular complexity index is 1610. The fourth-order valence-electron chi connectivity index (χ4n) is 2.74. The smallest absolute Gasteiger partial charge is 0.0101 e. The molecule has 0 bridgehead atoms. The minimum Gasteiger partial charge on any atom is -0.0925 e. The van der Waals surface area contributed by atoms with E-state index in [1.807, 2.05) is 12.2 Å². The normalized spacial score (nSPS) is 9.35. The zero-order chi connectivity index (χ0) is 35.5. The molecule has 0 saturated heterocycles. The number of allylic oxidation sites excluding steroid dienone is 4. The number of hydrogen-bond donors (Lipinski definition) is 0. The van der Waals surface area contributed by atoms with Gasteiger partial charge in [0, 0.05) is 6.42 Å². The lowest BCUT2D eigenvalue weighted by Gasteiger charge is -2.03. The Morgan fingerprint density at radius 1 is 0.417 bits per heavy atom. The molecule has 3 unspecified atom stereocenters. The van der Waals surface area contributed by atoms with Gasteiger partial charge < -0.3 is 0 Å². The Balaban J connectivity index is -0.000000300. The fourth-order valence-corrected chi connectivity index (χ4v) is 2.74. The fraction of sp³-hybridized carbons (Fsp3) is 0.458. The standard InChI is InChI=1S/C17H18.C15H18.C15H16.CH4/c1-4-6-7-8-9-10-11-12-13-14-15-16-17(3)5-2;2*1-4-6-7-8-9-10-11-12-13-14-15(3)5-2;/h13-14,17H,5,15-16H2,1-3H3;11-12,15H,5,13-14H2,1-3H3;15H,5,13-14H2,1-3H3;1H4/b14-13+;12-11+;;. The lowest BCUT2D eigenvalue weighted by Crippen LogP contribution is -1.89. The van der Waals surface area contributed by atoms with Crippen molar-refractivity contribution in [2.24, 2.45) is 17.8 Å². The summed E-state index contributed by atoms with van der Waals surface area (Å²) >= 11 is 0. The summed E-state index contributed by atoms with van der Waals surface area (Å²) in [5.41, 5.74) is 0. The van der Waals surface area contributed by atoms with Gasteiger partial charge in [0.1, 0.15) is 0 Å². The molecule has 0 spiro atoms. The predicted octanol–water partition coefficient (Wildman–Crippen LogP) is 10.3. The quantitative estimate of drug-likeness (QED) is 0.199. The molecule has 0 heteroatoms. The van der Waals surface area contributed by atoms with E-state index in [1.54, 1.807) is 20.8 Å². The summed E-state index contributed by atoms with van der Waals surface area (Å²) in [6.07, 6.45) is 18.4. The van der Waals surface area contributed by atoms with Crippen molar-refractivity contribution in [3.8, 4) is 130 Å². The topological polar surface area (TPSA) is 0 Å². The molecule has 0 aromatic heterocycles. The maximum Gasteiger partial charge on any atom is 0.0101 e. The Kier molecular flexibility index (Phi) is 47.5. The SMILES string of the molecule is C.CC#CC#CC#C/C=C/CCC(C)CC.CC#CC#CC#CC#C/C=C/CCC(C)CC.CC#CC#CC#CC#CCCC(C)CC. The Hall–Kier alpha value is -5.36. The largest absolute Gasteiger partial charge is 0.0925 e. The molecule has 0 radical (unpaired) electrons. The summed E-state index contributed by atoms with van der Waals surface area (Å²) in [6.45, 7) is 18.7. The van der Waals surface area contributed by atoms with Crippen molar-refractivity contribution in [3.05, 3.63) is 24.3 Å². The van der Waals surface area contributed by atoms with Gasteiger partial charge in [-0.2, -0.15) is 0 Å². The molecule has 248 valence electrons. The van der Waals surface area contributed by atoms with Gasteiger partial charge in [-0.05, 0) is 178 Å². The Morgan fingerprint density at radius 3 is 1.08 bits per heavy atom. The van der Waals surface area contributed by atoms with Crippen molar-refractivity contribution >= 4 is 0 Å². The zero-order valence-corrected chi connectivity index (χ0v) is 30.4. The molecule has 0 rings (SSSR count). The minimum atomic E-state index is 0. The molecule has 3 atom stereocenters. The molecular weight excluding hydrogens is 577 g/mol. The maximum atomic E-state index is 3.01. The van der Waals surface area contributed by atoms with E-state index in [2.05, 4.69) is 184 Å². The Morgan fingerprint density at radius 2 is 0.729 bits per heavy atom. The molecule has 0 aliphatic rings. The van der Waals surface area contributed by atoms with E-state index >= 15 is 0 Å². The van der Waals surface area contributed by atoms with E-state index in [-0.39, 0.29) is 7.43 Å². The summed E-state index contributed by atoms with van der Waals surface area (Å²) in [7, 11) is 0. The van der Waals surface area contributed by atoms with Crippen LogP contribution in [-0.2, 0) is 0 Å². The van der Waals surface area contributed by atoms with Crippen molar-refractivity contribution in [3.63, 3.8) is 0 Å². The average Bonchev–Trinajstić information content (AvgIpc) is 3.09. The van der Waals surface area contributed by atoms with E-state index in [9.17, 15) is 0 Å². The summed E-state index contributed by atoms with van der Waals surface area (Å²) in [5.74, 6) is 61.5. The van der Waals surface area contributed by atoms with Gasteiger partial charge in [-0.15, -0.1) is 0 Å². The second-order valence-corrected chi connectivity index (χ2v) is 10.3. The zero-order valence-electron chi connectivity index (χ0n) is 30.4. The summed E-state index contributed by atoms with van der Waals surface area (Å²) in [5, 5.41) is 0. The number of rotatable bonds is 11. The van der Waals surface area contributed by atoms with E-state index in [1.165, 1.54) is 32.1 Å². The van der Waals surface area contributed by atoms with Crippen LogP contribution in [0.5, 0.6) is 0 Å². The summed E-state index contributed by atoms with van der Waals surface area (Å²) < 4.78 is 0. The average molecular weight is 633 g/mol. The van der Waals surface area contributed by atoms with Crippen LogP contribution in [0.4, 0.5) is 0 Å². The molecule has 0 nitrogen and oxygen atoms in total. The van der Waals surface area contributed by atoms with Crippen molar-refractivity contribution < 1.29 is 0 Å². The van der Waals surface area contributed by atoms with E-state index in [0.717, 1.165) is 43.4 Å². The van der Waals surface area contributed by atoms with Crippen LogP contribution in [0.2, 0.25) is 0 Å². The van der Waals surface area contributed by atoms with Gasteiger partial charge in [0.25, 0.3) is 0 Å². The molecule has 0 N–H and O–H groups in total. The van der Waals surface area contributed by atoms with Crippen molar-refractivity contribution in [1.82, 2.24) is 0 Å². The van der Waals surface area contributed by atoms with Crippen LogP contribution in [0.25, 0.3) is 0 Å². The molecule has 0 saturated carbocycles. The van der Waals surface area contributed by atoms with Gasteiger partial charge >= 0.3 is 0 Å². The third-order valence-corrected chi connectivity index (χ3v) is 6.33. The van der Waals surface area contributed by atoms with E-state index in [0.29, 0.717) is 0 Å². The molecule has 0 amide bonds. The monoisotopic (exact) mass is 632 g/mol. The second-order valence-electron chi connectivity index (χ2n) is 10.3. The van der Waals surface area contributed by atoms with Crippen LogP contribution in [0.1, 0.15) is 128 Å². The molecule has 0 aliphatic heterocycles. The van der Waals surface area contributed by atoms with Gasteiger partial charge in [-0.3, -0.25) is 0 Å². The maximum absolute atomic E-state index is 3.01. The lowest BCUT2D eigenvalue weighted by molar-refractivity contribution is 0.522. The Labute approximate surface area is 299 Å². The van der Waals surface area contributed by atoms with Crippen molar-refractivity contribution in [2.45, 2.75) is 128 Å². The number of hydrogen-bond acceptors (Lipinski definition) is 0. The van der Waals surface area contributed by atoms with Gasteiger partial charge in [0.15, 0.2) is 0 Å². The summed E-state index contributed by atoms with van der Waals surface area (Å²) in [6, 6.07) is 0. The van der Waals surface area contributed by atoms with Crippen LogP contribution in [0.15, 0.2) is 24.3 Å². The summed E-state index contributed by atoms with van der Waals surface area (Å²) in [4.78, 5) is 0. The van der Waals surface area contributed by atoms with Gasteiger partial charge in [0.05, 0.1) is 0 Å². The molecule has 0 fully saturated rings. The highest BCUT2D eigenvalue weighted by Crippen LogP contribution is 2.10. The molecule has 0 aromatic carbocycles. The van der Waals surface area contributed by atoms with Gasteiger partial charge in [-0.25, -0.2) is 0 Å². The first-order chi connectivity index (χ1) is 22.9. The van der Waals surface area contributed by atoms with Crippen molar-refractivity contribution in [2.75, 3.05) is 0 Å². The third-order valence-electron chi connectivity index (χ3n) is 6.33. The molecule has 0 aromatic rings. The molecular formula is C48H56. The lowest BCUT2D eigenvalue weighted by atomic mass is 10.0. The highest BCUT2D eigenvalue weighted by molar-refractivity contribution is 5.41. The first-order valence-corrected chi connectivity index (χ1v) is 16.5. The molecule has 48 heavy (non-hydrogen) atoms. The first kappa shape index (κ1) is 49.5. The van der Waals surface area contributed by atoms with Crippen LogP contribution < -0.4 is 0 Å². The van der Waals surface area contributed by atoms with Crippen LogP contribution in [0, 0.1) is 148 Å². The highest BCUT2D eigenvalue weighted by atomic mass is 14.0.